The lowest BCUT2D eigenvalue weighted by Gasteiger charge is -2.10. The molecule has 0 bridgehead atoms. The lowest BCUT2D eigenvalue weighted by Crippen LogP contribution is -2.15. The Hall–Kier alpha value is -4.39. The van der Waals surface area contributed by atoms with E-state index in [0.29, 0.717) is 34.2 Å². The van der Waals surface area contributed by atoms with E-state index in [1.54, 1.807) is 55.6 Å². The largest absolute Gasteiger partial charge is 0.482 e. The molecule has 0 saturated heterocycles. The molecule has 7 heteroatoms. The number of benzene rings is 3. The van der Waals surface area contributed by atoms with Crippen LogP contribution in [0.5, 0.6) is 5.75 Å². The zero-order valence-electron chi connectivity index (χ0n) is 18.0. The van der Waals surface area contributed by atoms with Gasteiger partial charge in [-0.15, -0.1) is 0 Å². The number of amides is 1. The number of carbonyl (C=O) groups excluding carboxylic acids is 2. The van der Waals surface area contributed by atoms with E-state index in [-0.39, 0.29) is 19.1 Å². The van der Waals surface area contributed by atoms with Crippen LogP contribution in [-0.2, 0) is 9.53 Å². The summed E-state index contributed by atoms with van der Waals surface area (Å²) in [6.07, 6.45) is 1.64. The van der Waals surface area contributed by atoms with E-state index in [9.17, 15) is 9.59 Å². The lowest BCUT2D eigenvalue weighted by atomic mass is 10.1. The molecule has 7 nitrogen and oxygen atoms in total. The first-order valence-electron chi connectivity index (χ1n) is 10.4. The average molecular weight is 442 g/mol. The number of hydrogen-bond donors (Lipinski definition) is 1. The van der Waals surface area contributed by atoms with Gasteiger partial charge in [0, 0.05) is 22.9 Å². The molecule has 0 fully saturated rings. The number of hydrogen-bond acceptors (Lipinski definition) is 6. The predicted octanol–water partition coefficient (Wildman–Crippen LogP) is 5.20. The monoisotopic (exact) mass is 442 g/mol. The first-order chi connectivity index (χ1) is 16.1. The van der Waals surface area contributed by atoms with Gasteiger partial charge < -0.3 is 19.2 Å². The second-order valence-corrected chi connectivity index (χ2v) is 7.02. The molecule has 166 valence electrons. The summed E-state index contributed by atoms with van der Waals surface area (Å²) in [5.74, 6) is 0.627. The fourth-order valence-electron chi connectivity index (χ4n) is 3.21. The number of nitrogens with zero attached hydrogens (tertiary/aromatic N) is 1. The van der Waals surface area contributed by atoms with Gasteiger partial charge in [-0.1, -0.05) is 48.5 Å². The summed E-state index contributed by atoms with van der Waals surface area (Å²) in [6.45, 7) is 1.81. The summed E-state index contributed by atoms with van der Waals surface area (Å²) < 4.78 is 16.2. The van der Waals surface area contributed by atoms with Gasteiger partial charge in [0.1, 0.15) is 5.75 Å². The van der Waals surface area contributed by atoms with Crippen LogP contribution in [0.25, 0.3) is 22.8 Å². The fraction of sp³-hybridized carbons (Fsp3) is 0.115. The van der Waals surface area contributed by atoms with Gasteiger partial charge in [-0.2, -0.15) is 0 Å². The zero-order valence-corrected chi connectivity index (χ0v) is 18.0. The van der Waals surface area contributed by atoms with Crippen molar-refractivity contribution in [2.45, 2.75) is 6.92 Å². The molecule has 1 heterocycles. The molecule has 0 atom stereocenters. The molecule has 3 aromatic carbocycles. The summed E-state index contributed by atoms with van der Waals surface area (Å²) in [5.41, 5.74) is 2.41. The maximum absolute atomic E-state index is 13.1. The van der Waals surface area contributed by atoms with Gasteiger partial charge in [0.15, 0.2) is 12.4 Å². The Bertz CT molecular complexity index is 1250. The number of anilines is 1. The second kappa shape index (κ2) is 10.3. The van der Waals surface area contributed by atoms with Crippen molar-refractivity contribution < 1.29 is 23.5 Å². The summed E-state index contributed by atoms with van der Waals surface area (Å²) in [5, 5.41) is 2.86. The molecule has 33 heavy (non-hydrogen) atoms. The Morgan fingerprint density at radius 1 is 0.970 bits per heavy atom. The van der Waals surface area contributed by atoms with Crippen LogP contribution in [0.1, 0.15) is 17.3 Å². The third kappa shape index (κ3) is 5.46. The van der Waals surface area contributed by atoms with Crippen LogP contribution in [0.15, 0.2) is 89.5 Å². The van der Waals surface area contributed by atoms with Gasteiger partial charge in [-0.05, 0) is 31.2 Å². The molecule has 0 unspecified atom stereocenters. The fourth-order valence-corrected chi connectivity index (χ4v) is 3.21. The summed E-state index contributed by atoms with van der Waals surface area (Å²) >= 11 is 0. The highest BCUT2D eigenvalue weighted by molar-refractivity contribution is 6.08. The molecule has 4 rings (SSSR count). The van der Waals surface area contributed by atoms with Crippen molar-refractivity contribution in [1.82, 2.24) is 4.98 Å². The Balaban J connectivity index is 1.51. The molecule has 0 aliphatic carbocycles. The minimum Gasteiger partial charge on any atom is -0.482 e. The highest BCUT2D eigenvalue weighted by Crippen LogP contribution is 2.29. The van der Waals surface area contributed by atoms with E-state index >= 15 is 0 Å². The topological polar surface area (TPSA) is 90.7 Å². The number of nitrogens with one attached hydrogen (secondary N) is 1. The third-order valence-electron chi connectivity index (χ3n) is 4.72. The molecule has 0 saturated carbocycles. The van der Waals surface area contributed by atoms with E-state index < -0.39 is 5.97 Å². The van der Waals surface area contributed by atoms with Crippen LogP contribution in [0, 0.1) is 0 Å². The van der Waals surface area contributed by atoms with Crippen LogP contribution in [0.2, 0.25) is 0 Å². The highest BCUT2D eigenvalue weighted by Gasteiger charge is 2.17. The first kappa shape index (κ1) is 21.8. The Morgan fingerprint density at radius 2 is 1.76 bits per heavy atom. The van der Waals surface area contributed by atoms with Crippen LogP contribution in [0.3, 0.4) is 0 Å². The molecular weight excluding hydrogens is 420 g/mol. The van der Waals surface area contributed by atoms with E-state index in [4.69, 9.17) is 13.9 Å². The van der Waals surface area contributed by atoms with Crippen LogP contribution >= 0.6 is 0 Å². The van der Waals surface area contributed by atoms with Gasteiger partial charge >= 0.3 is 5.97 Å². The number of aromatic nitrogens is 1. The van der Waals surface area contributed by atoms with Crippen molar-refractivity contribution in [1.29, 1.82) is 0 Å². The quantitative estimate of drug-likeness (QED) is 0.377. The van der Waals surface area contributed by atoms with Crippen molar-refractivity contribution in [3.05, 3.63) is 90.6 Å². The molecule has 4 aromatic rings. The van der Waals surface area contributed by atoms with Gasteiger partial charge in [0.25, 0.3) is 5.91 Å². The maximum Gasteiger partial charge on any atom is 0.344 e. The lowest BCUT2D eigenvalue weighted by molar-refractivity contribution is -0.145. The Labute approximate surface area is 191 Å². The van der Waals surface area contributed by atoms with Crippen LogP contribution < -0.4 is 10.1 Å². The van der Waals surface area contributed by atoms with E-state index in [1.807, 2.05) is 36.4 Å². The van der Waals surface area contributed by atoms with Crippen molar-refractivity contribution in [2.75, 3.05) is 18.5 Å². The summed E-state index contributed by atoms with van der Waals surface area (Å²) in [7, 11) is 0. The minimum atomic E-state index is -0.457. The van der Waals surface area contributed by atoms with Crippen molar-refractivity contribution in [2.24, 2.45) is 0 Å². The average Bonchev–Trinajstić information content (AvgIpc) is 3.34. The summed E-state index contributed by atoms with van der Waals surface area (Å²) in [6, 6.07) is 23.5. The van der Waals surface area contributed by atoms with Gasteiger partial charge in [0.05, 0.1) is 18.4 Å². The number of esters is 1. The van der Waals surface area contributed by atoms with Crippen molar-refractivity contribution in [3.63, 3.8) is 0 Å². The molecule has 1 amide bonds. The van der Waals surface area contributed by atoms with Crippen LogP contribution in [0.4, 0.5) is 5.69 Å². The van der Waals surface area contributed by atoms with E-state index in [0.717, 1.165) is 5.56 Å². The molecule has 0 aliphatic heterocycles. The predicted molar refractivity (Wildman–Crippen MR) is 124 cm³/mol. The number of ether oxygens (including phenoxy) is 2. The van der Waals surface area contributed by atoms with Gasteiger partial charge in [-0.25, -0.2) is 9.78 Å². The standard InChI is InChI=1S/C26H22N2O5/c1-2-31-24(29)17-32-20-12-8-11-19(15-20)28-25(30)21-13-6-7-14-22(21)26-27-16-23(33-26)18-9-4-3-5-10-18/h3-16H,2,17H2,1H3,(H,28,30). The Kier molecular flexibility index (Phi) is 6.80. The Morgan fingerprint density at radius 3 is 2.58 bits per heavy atom. The third-order valence-corrected chi connectivity index (χ3v) is 4.72. The van der Waals surface area contributed by atoms with Gasteiger partial charge in [-0.3, -0.25) is 4.79 Å². The van der Waals surface area contributed by atoms with Gasteiger partial charge in [0.2, 0.25) is 5.89 Å². The number of carbonyl (C=O) groups is 2. The smallest absolute Gasteiger partial charge is 0.344 e. The normalized spacial score (nSPS) is 10.5. The minimum absolute atomic E-state index is 0.206. The molecular formula is C26H22N2O5. The molecule has 1 aromatic heterocycles. The van der Waals surface area contributed by atoms with Crippen molar-refractivity contribution in [3.8, 4) is 28.5 Å². The number of rotatable bonds is 8. The molecule has 0 radical (unpaired) electrons. The summed E-state index contributed by atoms with van der Waals surface area (Å²) in [4.78, 5) is 28.9. The highest BCUT2D eigenvalue weighted by atomic mass is 16.6. The second-order valence-electron chi connectivity index (χ2n) is 7.02. The van der Waals surface area contributed by atoms with Crippen LogP contribution in [-0.4, -0.2) is 30.1 Å². The van der Waals surface area contributed by atoms with Crippen molar-refractivity contribution >= 4 is 17.6 Å². The molecule has 0 aliphatic rings. The SMILES string of the molecule is CCOC(=O)COc1cccc(NC(=O)c2ccccc2-c2ncc(-c3ccccc3)o2)c1. The van der Waals surface area contributed by atoms with E-state index in [2.05, 4.69) is 10.3 Å². The first-order valence-corrected chi connectivity index (χ1v) is 10.4. The molecule has 0 spiro atoms. The van der Waals surface area contributed by atoms with E-state index in [1.165, 1.54) is 0 Å². The maximum atomic E-state index is 13.1. The molecule has 1 N–H and O–H groups in total. The zero-order chi connectivity index (χ0) is 23.0. The number of oxazole rings is 1.